The van der Waals surface area contributed by atoms with Crippen molar-refractivity contribution >= 4 is 5.91 Å². The number of halogens is 1. The average Bonchev–Trinajstić information content (AvgIpc) is 2.71. The van der Waals surface area contributed by atoms with Gasteiger partial charge < -0.3 is 24.6 Å². The van der Waals surface area contributed by atoms with E-state index in [4.69, 9.17) is 14.2 Å². The van der Waals surface area contributed by atoms with Crippen molar-refractivity contribution < 1.29 is 28.5 Å². The van der Waals surface area contributed by atoms with Gasteiger partial charge in [0.15, 0.2) is 11.5 Å². The number of benzene rings is 2. The number of carbonyl (C=O) groups is 1. The zero-order chi connectivity index (χ0) is 20.7. The van der Waals surface area contributed by atoms with Gasteiger partial charge in [0.05, 0.1) is 21.3 Å². The molecule has 0 saturated carbocycles. The van der Waals surface area contributed by atoms with Crippen LogP contribution in [0.15, 0.2) is 30.3 Å². The van der Waals surface area contributed by atoms with Crippen molar-refractivity contribution in [2.45, 2.75) is 19.3 Å². The summed E-state index contributed by atoms with van der Waals surface area (Å²) < 4.78 is 29.2. The molecule has 7 heteroatoms. The lowest BCUT2D eigenvalue weighted by Gasteiger charge is -2.20. The smallest absolute Gasteiger partial charge is 0.251 e. The van der Waals surface area contributed by atoms with Gasteiger partial charge in [-0.05, 0) is 37.1 Å². The molecular weight excluding hydrogens is 365 g/mol. The highest BCUT2D eigenvalue weighted by Gasteiger charge is 2.22. The fourth-order valence-corrected chi connectivity index (χ4v) is 3.12. The third-order valence-electron chi connectivity index (χ3n) is 4.65. The Hall–Kier alpha value is -2.80. The van der Waals surface area contributed by atoms with Gasteiger partial charge >= 0.3 is 0 Å². The van der Waals surface area contributed by atoms with Crippen LogP contribution in [0.25, 0.3) is 0 Å². The maximum Gasteiger partial charge on any atom is 0.251 e. The van der Waals surface area contributed by atoms with Gasteiger partial charge in [-0.15, -0.1) is 0 Å². The molecule has 0 bridgehead atoms. The van der Waals surface area contributed by atoms with Crippen LogP contribution < -0.4 is 19.5 Å². The minimum absolute atomic E-state index is 0.0406. The van der Waals surface area contributed by atoms with Crippen molar-refractivity contribution in [3.63, 3.8) is 0 Å². The SMILES string of the molecule is COc1cc(C(=O)NCC(CCO)c2ccc(F)cc2)c(C)c(OC)c1OC. The first-order valence-corrected chi connectivity index (χ1v) is 8.90. The predicted octanol–water partition coefficient (Wildman–Crippen LogP) is 3.06. The van der Waals surface area contributed by atoms with Gasteiger partial charge in [-0.2, -0.15) is 0 Å². The monoisotopic (exact) mass is 391 g/mol. The normalized spacial score (nSPS) is 11.6. The summed E-state index contributed by atoms with van der Waals surface area (Å²) in [6.45, 7) is 2.02. The minimum atomic E-state index is -0.330. The number of methoxy groups -OCH3 is 3. The predicted molar refractivity (Wildman–Crippen MR) is 104 cm³/mol. The van der Waals surface area contributed by atoms with Gasteiger partial charge in [-0.1, -0.05) is 12.1 Å². The lowest BCUT2D eigenvalue weighted by Crippen LogP contribution is -2.29. The third-order valence-corrected chi connectivity index (χ3v) is 4.65. The summed E-state index contributed by atoms with van der Waals surface area (Å²) in [7, 11) is 4.49. The standard InChI is InChI=1S/C21H26FNO5/c1-13-17(11-18(26-2)20(28-4)19(13)27-3)21(25)23-12-15(9-10-24)14-5-7-16(22)8-6-14/h5-8,11,15,24H,9-10,12H2,1-4H3,(H,23,25). The van der Waals surface area contributed by atoms with E-state index >= 15 is 0 Å². The molecule has 0 aromatic heterocycles. The van der Waals surface area contributed by atoms with Crippen LogP contribution in [0.5, 0.6) is 17.2 Å². The van der Waals surface area contributed by atoms with E-state index in [9.17, 15) is 14.3 Å². The second kappa shape index (κ2) is 9.94. The average molecular weight is 391 g/mol. The number of hydrogen-bond acceptors (Lipinski definition) is 5. The molecule has 2 N–H and O–H groups in total. The Morgan fingerprint density at radius 3 is 2.29 bits per heavy atom. The Bertz CT molecular complexity index is 807. The second-order valence-electron chi connectivity index (χ2n) is 6.29. The number of aliphatic hydroxyl groups is 1. The van der Waals surface area contributed by atoms with Crippen molar-refractivity contribution in [2.24, 2.45) is 0 Å². The van der Waals surface area contributed by atoms with E-state index in [2.05, 4.69) is 5.32 Å². The van der Waals surface area contributed by atoms with E-state index < -0.39 is 0 Å². The van der Waals surface area contributed by atoms with Crippen LogP contribution in [0, 0.1) is 12.7 Å². The number of rotatable bonds is 9. The van der Waals surface area contributed by atoms with E-state index in [0.29, 0.717) is 41.3 Å². The first-order chi connectivity index (χ1) is 13.5. The molecule has 1 amide bonds. The van der Waals surface area contributed by atoms with E-state index in [-0.39, 0.29) is 24.2 Å². The molecule has 2 aromatic rings. The van der Waals surface area contributed by atoms with Crippen molar-refractivity contribution in [2.75, 3.05) is 34.5 Å². The summed E-state index contributed by atoms with van der Waals surface area (Å²) in [5.74, 6) is 0.462. The Morgan fingerprint density at radius 1 is 1.11 bits per heavy atom. The Balaban J connectivity index is 2.24. The molecule has 28 heavy (non-hydrogen) atoms. The summed E-state index contributed by atoms with van der Waals surface area (Å²) in [6.07, 6.45) is 0.445. The van der Waals surface area contributed by atoms with Crippen LogP contribution in [0.1, 0.15) is 33.8 Å². The molecule has 0 aliphatic heterocycles. The molecule has 1 unspecified atom stereocenters. The molecule has 0 fully saturated rings. The highest BCUT2D eigenvalue weighted by molar-refractivity contribution is 5.97. The van der Waals surface area contributed by atoms with Gasteiger partial charge in [0.25, 0.3) is 5.91 Å². The van der Waals surface area contributed by atoms with Crippen LogP contribution in [0.3, 0.4) is 0 Å². The Labute approximate surface area is 164 Å². The van der Waals surface area contributed by atoms with Gasteiger partial charge in [0.1, 0.15) is 5.82 Å². The molecule has 0 spiro atoms. The van der Waals surface area contributed by atoms with Gasteiger partial charge in [0.2, 0.25) is 5.75 Å². The van der Waals surface area contributed by atoms with Crippen LogP contribution in [-0.4, -0.2) is 45.5 Å². The summed E-state index contributed by atoms with van der Waals surface area (Å²) in [5, 5.41) is 12.2. The number of ether oxygens (including phenoxy) is 3. The molecule has 1 atom stereocenters. The fraction of sp³-hybridized carbons (Fsp3) is 0.381. The maximum atomic E-state index is 13.2. The summed E-state index contributed by atoms with van der Waals surface area (Å²) in [4.78, 5) is 12.8. The number of nitrogens with one attached hydrogen (secondary N) is 1. The van der Waals surface area contributed by atoms with Gasteiger partial charge in [0, 0.05) is 30.2 Å². The van der Waals surface area contributed by atoms with Crippen LogP contribution in [0.2, 0.25) is 0 Å². The number of carbonyl (C=O) groups excluding carboxylic acids is 1. The molecule has 0 radical (unpaired) electrons. The molecular formula is C21H26FNO5. The van der Waals surface area contributed by atoms with Crippen molar-refractivity contribution in [3.05, 3.63) is 52.8 Å². The Kier molecular flexibility index (Phi) is 7.63. The Morgan fingerprint density at radius 2 is 1.75 bits per heavy atom. The van der Waals surface area contributed by atoms with Crippen molar-refractivity contribution in [3.8, 4) is 17.2 Å². The molecule has 0 aliphatic rings. The number of hydrogen-bond donors (Lipinski definition) is 2. The molecule has 6 nitrogen and oxygen atoms in total. The van der Waals surface area contributed by atoms with E-state index in [1.807, 2.05) is 0 Å². The molecule has 0 aliphatic carbocycles. The largest absolute Gasteiger partial charge is 0.493 e. The lowest BCUT2D eigenvalue weighted by atomic mass is 9.95. The third kappa shape index (κ3) is 4.72. The summed E-state index contributed by atoms with van der Waals surface area (Å²) in [6, 6.07) is 7.65. The summed E-state index contributed by atoms with van der Waals surface area (Å²) >= 11 is 0. The van der Waals surface area contributed by atoms with E-state index in [0.717, 1.165) is 5.56 Å². The molecule has 0 heterocycles. The highest BCUT2D eigenvalue weighted by atomic mass is 19.1. The molecule has 2 aromatic carbocycles. The molecule has 2 rings (SSSR count). The van der Waals surface area contributed by atoms with Crippen LogP contribution in [-0.2, 0) is 0 Å². The quantitative estimate of drug-likeness (QED) is 0.687. The van der Waals surface area contributed by atoms with E-state index in [1.165, 1.54) is 33.5 Å². The van der Waals surface area contributed by atoms with Crippen LogP contribution in [0.4, 0.5) is 4.39 Å². The maximum absolute atomic E-state index is 13.2. The fourth-order valence-electron chi connectivity index (χ4n) is 3.12. The minimum Gasteiger partial charge on any atom is -0.493 e. The zero-order valence-corrected chi connectivity index (χ0v) is 16.5. The first kappa shape index (κ1) is 21.5. The highest BCUT2D eigenvalue weighted by Crippen LogP contribution is 2.41. The van der Waals surface area contributed by atoms with Crippen molar-refractivity contribution in [1.82, 2.24) is 5.32 Å². The topological polar surface area (TPSA) is 77.0 Å². The van der Waals surface area contributed by atoms with Gasteiger partial charge in [-0.25, -0.2) is 4.39 Å². The first-order valence-electron chi connectivity index (χ1n) is 8.90. The van der Waals surface area contributed by atoms with Gasteiger partial charge in [-0.3, -0.25) is 4.79 Å². The van der Waals surface area contributed by atoms with Crippen LogP contribution >= 0.6 is 0 Å². The van der Waals surface area contributed by atoms with E-state index in [1.54, 1.807) is 25.1 Å². The molecule has 152 valence electrons. The number of aliphatic hydroxyl groups excluding tert-OH is 1. The second-order valence-corrected chi connectivity index (χ2v) is 6.29. The number of amides is 1. The molecule has 0 saturated heterocycles. The van der Waals surface area contributed by atoms with Crippen molar-refractivity contribution in [1.29, 1.82) is 0 Å². The lowest BCUT2D eigenvalue weighted by molar-refractivity contribution is 0.0947. The summed E-state index contributed by atoms with van der Waals surface area (Å²) in [5.41, 5.74) is 1.87. The zero-order valence-electron chi connectivity index (χ0n) is 16.5.